The average Bonchev–Trinajstić information content (AvgIpc) is 2.31. The maximum Gasteiger partial charge on any atom is 0.246 e. The van der Waals surface area contributed by atoms with Crippen LogP contribution in [0.1, 0.15) is 46.5 Å². The van der Waals surface area contributed by atoms with Gasteiger partial charge >= 0.3 is 0 Å². The molecule has 0 radical (unpaired) electrons. The lowest BCUT2D eigenvalue weighted by atomic mass is 9.94. The van der Waals surface area contributed by atoms with Gasteiger partial charge in [-0.25, -0.2) is 0 Å². The Morgan fingerprint density at radius 3 is 2.44 bits per heavy atom. The van der Waals surface area contributed by atoms with Gasteiger partial charge in [-0.2, -0.15) is 0 Å². The van der Waals surface area contributed by atoms with Crippen LogP contribution < -0.4 is 11.1 Å². The standard InChI is InChI=1S/C12H26N2O2/c1-4-7-8-16-9-11(15)14-10-12(13,5-2)6-3/h4-10,13H2,1-3H3,(H,14,15). The van der Waals surface area contributed by atoms with Crippen LogP contribution in [0.15, 0.2) is 0 Å². The van der Waals surface area contributed by atoms with E-state index in [4.69, 9.17) is 10.5 Å². The molecule has 3 N–H and O–H groups in total. The van der Waals surface area contributed by atoms with Gasteiger partial charge in [-0.3, -0.25) is 4.79 Å². The number of nitrogens with two attached hydrogens (primary N) is 1. The lowest BCUT2D eigenvalue weighted by Crippen LogP contribution is -2.49. The van der Waals surface area contributed by atoms with Crippen LogP contribution in [0.25, 0.3) is 0 Å². The van der Waals surface area contributed by atoms with Gasteiger partial charge in [0.25, 0.3) is 0 Å². The van der Waals surface area contributed by atoms with Crippen molar-refractivity contribution in [2.75, 3.05) is 19.8 Å². The summed E-state index contributed by atoms with van der Waals surface area (Å²) in [6.45, 7) is 7.48. The molecule has 0 fully saturated rings. The predicted molar refractivity (Wildman–Crippen MR) is 66.2 cm³/mol. The Kier molecular flexibility index (Phi) is 8.21. The molecule has 4 heteroatoms. The number of hydrogen-bond acceptors (Lipinski definition) is 3. The highest BCUT2D eigenvalue weighted by Crippen LogP contribution is 2.08. The summed E-state index contributed by atoms with van der Waals surface area (Å²) in [5.74, 6) is -0.0761. The molecule has 4 nitrogen and oxygen atoms in total. The summed E-state index contributed by atoms with van der Waals surface area (Å²) in [5, 5.41) is 2.81. The van der Waals surface area contributed by atoms with E-state index in [0.29, 0.717) is 13.2 Å². The van der Waals surface area contributed by atoms with Crippen molar-refractivity contribution in [3.63, 3.8) is 0 Å². The van der Waals surface area contributed by atoms with Crippen molar-refractivity contribution in [3.8, 4) is 0 Å². The van der Waals surface area contributed by atoms with E-state index in [9.17, 15) is 4.79 Å². The lowest BCUT2D eigenvalue weighted by molar-refractivity contribution is -0.126. The van der Waals surface area contributed by atoms with Crippen LogP contribution in [0, 0.1) is 0 Å². The quantitative estimate of drug-likeness (QED) is 0.589. The zero-order valence-electron chi connectivity index (χ0n) is 10.8. The van der Waals surface area contributed by atoms with Crippen molar-refractivity contribution in [2.24, 2.45) is 5.73 Å². The van der Waals surface area contributed by atoms with Crippen LogP contribution in [-0.4, -0.2) is 31.2 Å². The number of ether oxygens (including phenoxy) is 1. The molecule has 0 aromatic carbocycles. The van der Waals surface area contributed by atoms with Gasteiger partial charge in [0.2, 0.25) is 5.91 Å². The first-order chi connectivity index (χ1) is 7.58. The van der Waals surface area contributed by atoms with Gasteiger partial charge in [0, 0.05) is 18.7 Å². The first-order valence-electron chi connectivity index (χ1n) is 6.21. The molecule has 0 aliphatic heterocycles. The summed E-state index contributed by atoms with van der Waals surface area (Å²) in [7, 11) is 0. The maximum atomic E-state index is 11.4. The third-order valence-corrected chi connectivity index (χ3v) is 2.92. The molecule has 0 saturated heterocycles. The van der Waals surface area contributed by atoms with E-state index in [1.807, 2.05) is 13.8 Å². The summed E-state index contributed by atoms with van der Waals surface area (Å²) in [4.78, 5) is 11.4. The molecule has 0 heterocycles. The Bertz CT molecular complexity index is 191. The molecule has 96 valence electrons. The zero-order chi connectivity index (χ0) is 12.4. The minimum atomic E-state index is -0.279. The highest BCUT2D eigenvalue weighted by Gasteiger charge is 2.20. The van der Waals surface area contributed by atoms with E-state index in [2.05, 4.69) is 12.2 Å². The fourth-order valence-corrected chi connectivity index (χ4v) is 1.24. The van der Waals surface area contributed by atoms with Crippen molar-refractivity contribution < 1.29 is 9.53 Å². The van der Waals surface area contributed by atoms with Crippen molar-refractivity contribution >= 4 is 5.91 Å². The SMILES string of the molecule is CCCCOCC(=O)NCC(N)(CC)CC. The van der Waals surface area contributed by atoms with Gasteiger partial charge in [-0.05, 0) is 19.3 Å². The summed E-state index contributed by atoms with van der Waals surface area (Å²) >= 11 is 0. The molecule has 0 aromatic heterocycles. The molecule has 16 heavy (non-hydrogen) atoms. The van der Waals surface area contributed by atoms with E-state index in [1.54, 1.807) is 0 Å². The number of hydrogen-bond donors (Lipinski definition) is 2. The minimum Gasteiger partial charge on any atom is -0.372 e. The van der Waals surface area contributed by atoms with Crippen molar-refractivity contribution in [1.29, 1.82) is 0 Å². The molecule has 0 saturated carbocycles. The van der Waals surface area contributed by atoms with E-state index in [1.165, 1.54) is 0 Å². The maximum absolute atomic E-state index is 11.4. The Labute approximate surface area is 98.9 Å². The van der Waals surface area contributed by atoms with Crippen LogP contribution in [0.2, 0.25) is 0 Å². The van der Waals surface area contributed by atoms with E-state index >= 15 is 0 Å². The van der Waals surface area contributed by atoms with Crippen LogP contribution in [0.5, 0.6) is 0 Å². The minimum absolute atomic E-state index is 0.0761. The summed E-state index contributed by atoms with van der Waals surface area (Å²) in [5.41, 5.74) is 5.79. The van der Waals surface area contributed by atoms with E-state index < -0.39 is 0 Å². The average molecular weight is 230 g/mol. The molecule has 0 atom stereocenters. The molecule has 0 bridgehead atoms. The Morgan fingerprint density at radius 1 is 1.31 bits per heavy atom. The number of carbonyl (C=O) groups excluding carboxylic acids is 1. The molecule has 0 rings (SSSR count). The topological polar surface area (TPSA) is 64.3 Å². The number of rotatable bonds is 9. The number of carbonyl (C=O) groups is 1. The second-order valence-corrected chi connectivity index (χ2v) is 4.25. The van der Waals surface area contributed by atoms with Crippen LogP contribution in [-0.2, 0) is 9.53 Å². The van der Waals surface area contributed by atoms with Crippen LogP contribution >= 0.6 is 0 Å². The smallest absolute Gasteiger partial charge is 0.246 e. The first-order valence-corrected chi connectivity index (χ1v) is 6.21. The monoisotopic (exact) mass is 230 g/mol. The molecule has 0 aliphatic rings. The van der Waals surface area contributed by atoms with Gasteiger partial charge in [0.05, 0.1) is 0 Å². The lowest BCUT2D eigenvalue weighted by Gasteiger charge is -2.26. The fraction of sp³-hybridized carbons (Fsp3) is 0.917. The number of nitrogens with one attached hydrogen (secondary N) is 1. The first kappa shape index (κ1) is 15.4. The van der Waals surface area contributed by atoms with Gasteiger partial charge < -0.3 is 15.8 Å². The Balaban J connectivity index is 3.64. The molecular weight excluding hydrogens is 204 g/mol. The number of unbranched alkanes of at least 4 members (excludes halogenated alkanes) is 1. The van der Waals surface area contributed by atoms with E-state index in [-0.39, 0.29) is 18.1 Å². The molecule has 1 amide bonds. The van der Waals surface area contributed by atoms with Crippen molar-refractivity contribution in [3.05, 3.63) is 0 Å². The molecule has 0 aliphatic carbocycles. The molecule has 0 unspecified atom stereocenters. The summed E-state index contributed by atoms with van der Waals surface area (Å²) < 4.78 is 5.22. The van der Waals surface area contributed by atoms with Gasteiger partial charge in [-0.1, -0.05) is 27.2 Å². The molecule has 0 spiro atoms. The predicted octanol–water partition coefficient (Wildman–Crippen LogP) is 1.44. The third kappa shape index (κ3) is 6.80. The number of amides is 1. The second-order valence-electron chi connectivity index (χ2n) is 4.25. The van der Waals surface area contributed by atoms with Crippen LogP contribution in [0.3, 0.4) is 0 Å². The second kappa shape index (κ2) is 8.53. The summed E-state index contributed by atoms with van der Waals surface area (Å²) in [6, 6.07) is 0. The summed E-state index contributed by atoms with van der Waals surface area (Å²) in [6.07, 6.45) is 3.80. The third-order valence-electron chi connectivity index (χ3n) is 2.92. The highest BCUT2D eigenvalue weighted by molar-refractivity contribution is 5.77. The fourth-order valence-electron chi connectivity index (χ4n) is 1.24. The normalized spacial score (nSPS) is 11.5. The van der Waals surface area contributed by atoms with Crippen LogP contribution in [0.4, 0.5) is 0 Å². The van der Waals surface area contributed by atoms with Crippen molar-refractivity contribution in [2.45, 2.75) is 52.0 Å². The van der Waals surface area contributed by atoms with Gasteiger partial charge in [0.15, 0.2) is 0 Å². The van der Waals surface area contributed by atoms with Crippen molar-refractivity contribution in [1.82, 2.24) is 5.32 Å². The van der Waals surface area contributed by atoms with Gasteiger partial charge in [-0.15, -0.1) is 0 Å². The zero-order valence-corrected chi connectivity index (χ0v) is 10.8. The molecule has 0 aromatic rings. The van der Waals surface area contributed by atoms with Gasteiger partial charge in [0.1, 0.15) is 6.61 Å². The Hall–Kier alpha value is -0.610. The largest absolute Gasteiger partial charge is 0.372 e. The molecular formula is C12H26N2O2. The highest BCUT2D eigenvalue weighted by atomic mass is 16.5. The Morgan fingerprint density at radius 2 is 1.94 bits per heavy atom. The van der Waals surface area contributed by atoms with E-state index in [0.717, 1.165) is 25.7 Å².